The fourth-order valence-corrected chi connectivity index (χ4v) is 1.37. The van der Waals surface area contributed by atoms with Crippen LogP contribution < -0.4 is 4.90 Å². The Kier molecular flexibility index (Phi) is 3.11. The van der Waals surface area contributed by atoms with E-state index in [-0.39, 0.29) is 5.69 Å². The molecule has 0 amide bonds. The second kappa shape index (κ2) is 4.03. The molecule has 1 rings (SSSR count). The summed E-state index contributed by atoms with van der Waals surface area (Å²) in [5.74, 6) is -1.59. The third-order valence-electron chi connectivity index (χ3n) is 2.04. The summed E-state index contributed by atoms with van der Waals surface area (Å²) in [6.45, 7) is 0. The first-order valence-corrected chi connectivity index (χ1v) is 4.36. The van der Waals surface area contributed by atoms with Crippen molar-refractivity contribution in [3.8, 4) is 0 Å². The summed E-state index contributed by atoms with van der Waals surface area (Å²) in [5.41, 5.74) is -1.83. The maximum absolute atomic E-state index is 12.6. The molecule has 0 atom stereocenters. The van der Waals surface area contributed by atoms with E-state index in [1.165, 1.54) is 31.1 Å². The van der Waals surface area contributed by atoms with Gasteiger partial charge in [0.2, 0.25) is 0 Å². The van der Waals surface area contributed by atoms with Gasteiger partial charge in [-0.3, -0.25) is 0 Å². The normalized spacial score (nSPS) is 11.3. The van der Waals surface area contributed by atoms with E-state index in [0.29, 0.717) is 0 Å². The summed E-state index contributed by atoms with van der Waals surface area (Å²) < 4.78 is 37.7. The number of benzene rings is 1. The Morgan fingerprint density at radius 3 is 2.25 bits per heavy atom. The maximum atomic E-state index is 12.6. The molecule has 0 saturated carbocycles. The van der Waals surface area contributed by atoms with Crippen LogP contribution in [0.3, 0.4) is 0 Å². The van der Waals surface area contributed by atoms with Crippen LogP contribution in [-0.2, 0) is 6.18 Å². The zero-order valence-electron chi connectivity index (χ0n) is 8.67. The quantitative estimate of drug-likeness (QED) is 0.853. The smallest absolute Gasteiger partial charge is 0.417 e. The Bertz CT molecular complexity index is 413. The minimum absolute atomic E-state index is 0.0299. The SMILES string of the molecule is CN(C)c1cccc(C(F)(F)F)c1C(=O)O. The number of carboxylic acid groups (broad SMARTS) is 1. The van der Waals surface area contributed by atoms with E-state index < -0.39 is 23.3 Å². The highest BCUT2D eigenvalue weighted by atomic mass is 19.4. The Hall–Kier alpha value is -1.72. The van der Waals surface area contributed by atoms with Crippen LogP contribution in [-0.4, -0.2) is 25.2 Å². The number of hydrogen-bond donors (Lipinski definition) is 1. The Morgan fingerprint density at radius 2 is 1.88 bits per heavy atom. The number of rotatable bonds is 2. The van der Waals surface area contributed by atoms with E-state index in [1.807, 2.05) is 0 Å². The number of halogens is 3. The van der Waals surface area contributed by atoms with E-state index in [2.05, 4.69) is 0 Å². The highest BCUT2D eigenvalue weighted by molar-refractivity contribution is 5.96. The number of nitrogens with zero attached hydrogens (tertiary/aromatic N) is 1. The topological polar surface area (TPSA) is 40.5 Å². The molecule has 88 valence electrons. The molecule has 0 saturated heterocycles. The van der Waals surface area contributed by atoms with Crippen molar-refractivity contribution >= 4 is 11.7 Å². The van der Waals surface area contributed by atoms with Crippen molar-refractivity contribution in [2.45, 2.75) is 6.18 Å². The molecule has 0 heterocycles. The molecule has 0 aliphatic heterocycles. The van der Waals surface area contributed by atoms with Crippen LogP contribution in [0, 0.1) is 0 Å². The monoisotopic (exact) mass is 233 g/mol. The molecule has 3 nitrogen and oxygen atoms in total. The van der Waals surface area contributed by atoms with E-state index in [4.69, 9.17) is 5.11 Å². The molecule has 0 radical (unpaired) electrons. The van der Waals surface area contributed by atoms with Gasteiger partial charge in [-0.25, -0.2) is 4.79 Å². The number of alkyl halides is 3. The van der Waals surface area contributed by atoms with Gasteiger partial charge in [0.1, 0.15) is 0 Å². The molecule has 0 aliphatic rings. The summed E-state index contributed by atoms with van der Waals surface area (Å²) in [5, 5.41) is 8.83. The fraction of sp³-hybridized carbons (Fsp3) is 0.300. The molecule has 0 unspecified atom stereocenters. The van der Waals surface area contributed by atoms with Gasteiger partial charge in [0.05, 0.1) is 16.8 Å². The van der Waals surface area contributed by atoms with Crippen molar-refractivity contribution < 1.29 is 23.1 Å². The lowest BCUT2D eigenvalue weighted by molar-refractivity contribution is -0.138. The fourth-order valence-electron chi connectivity index (χ4n) is 1.37. The average molecular weight is 233 g/mol. The summed E-state index contributed by atoms with van der Waals surface area (Å²) in [7, 11) is 2.98. The van der Waals surface area contributed by atoms with Crippen LogP contribution in [0.15, 0.2) is 18.2 Å². The van der Waals surface area contributed by atoms with Crippen LogP contribution >= 0.6 is 0 Å². The molecule has 16 heavy (non-hydrogen) atoms. The molecule has 0 aliphatic carbocycles. The van der Waals surface area contributed by atoms with Gasteiger partial charge in [0.15, 0.2) is 0 Å². The number of carbonyl (C=O) groups is 1. The molecule has 1 N–H and O–H groups in total. The number of hydrogen-bond acceptors (Lipinski definition) is 2. The van der Waals surface area contributed by atoms with Crippen LogP contribution in [0.25, 0.3) is 0 Å². The molecule has 1 aromatic carbocycles. The van der Waals surface area contributed by atoms with E-state index in [0.717, 1.165) is 6.07 Å². The minimum atomic E-state index is -4.67. The van der Waals surface area contributed by atoms with Gasteiger partial charge in [-0.2, -0.15) is 13.2 Å². The Morgan fingerprint density at radius 1 is 1.31 bits per heavy atom. The van der Waals surface area contributed by atoms with Crippen molar-refractivity contribution in [1.82, 2.24) is 0 Å². The van der Waals surface area contributed by atoms with Crippen LogP contribution in [0.2, 0.25) is 0 Å². The van der Waals surface area contributed by atoms with Gasteiger partial charge >= 0.3 is 12.1 Å². The van der Waals surface area contributed by atoms with Gasteiger partial charge in [-0.15, -0.1) is 0 Å². The third kappa shape index (κ3) is 2.26. The van der Waals surface area contributed by atoms with Crippen molar-refractivity contribution in [3.63, 3.8) is 0 Å². The largest absolute Gasteiger partial charge is 0.478 e. The molecule has 0 bridgehead atoms. The zero-order valence-corrected chi connectivity index (χ0v) is 8.67. The Balaban J connectivity index is 3.52. The van der Waals surface area contributed by atoms with Gasteiger partial charge in [0, 0.05) is 14.1 Å². The van der Waals surface area contributed by atoms with E-state index in [1.54, 1.807) is 0 Å². The highest BCUT2D eigenvalue weighted by Gasteiger charge is 2.36. The molecule has 6 heteroatoms. The number of carboxylic acids is 1. The molecular formula is C10H10F3NO2. The third-order valence-corrected chi connectivity index (χ3v) is 2.04. The summed E-state index contributed by atoms with van der Waals surface area (Å²) in [6, 6.07) is 3.28. The molecular weight excluding hydrogens is 223 g/mol. The van der Waals surface area contributed by atoms with Crippen molar-refractivity contribution in [2.24, 2.45) is 0 Å². The first-order chi connectivity index (χ1) is 7.25. The second-order valence-electron chi connectivity index (χ2n) is 3.40. The van der Waals surface area contributed by atoms with Crippen LogP contribution in [0.1, 0.15) is 15.9 Å². The Labute approximate surface area is 90.1 Å². The first-order valence-electron chi connectivity index (χ1n) is 4.36. The lowest BCUT2D eigenvalue weighted by atomic mass is 10.0. The molecule has 0 fully saturated rings. The van der Waals surface area contributed by atoms with Gasteiger partial charge in [0.25, 0.3) is 0 Å². The standard InChI is InChI=1S/C10H10F3NO2/c1-14(2)7-5-3-4-6(10(11,12)13)8(7)9(15)16/h3-5H,1-2H3,(H,15,16). The molecule has 1 aromatic rings. The highest BCUT2D eigenvalue weighted by Crippen LogP contribution is 2.35. The van der Waals surface area contributed by atoms with Gasteiger partial charge in [-0.05, 0) is 12.1 Å². The first kappa shape index (κ1) is 12.4. The summed E-state index contributed by atoms with van der Waals surface area (Å²) >= 11 is 0. The lowest BCUT2D eigenvalue weighted by Crippen LogP contribution is -2.19. The van der Waals surface area contributed by atoms with E-state index in [9.17, 15) is 18.0 Å². The number of aromatic carboxylic acids is 1. The summed E-state index contributed by atoms with van der Waals surface area (Å²) in [6.07, 6.45) is -4.67. The predicted molar refractivity (Wildman–Crippen MR) is 52.7 cm³/mol. The van der Waals surface area contributed by atoms with Crippen LogP contribution in [0.4, 0.5) is 18.9 Å². The molecule has 0 spiro atoms. The van der Waals surface area contributed by atoms with Crippen molar-refractivity contribution in [3.05, 3.63) is 29.3 Å². The van der Waals surface area contributed by atoms with Gasteiger partial charge in [-0.1, -0.05) is 6.07 Å². The minimum Gasteiger partial charge on any atom is -0.478 e. The second-order valence-corrected chi connectivity index (χ2v) is 3.40. The van der Waals surface area contributed by atoms with Crippen LogP contribution in [0.5, 0.6) is 0 Å². The average Bonchev–Trinajstić information content (AvgIpc) is 2.14. The molecule has 0 aromatic heterocycles. The number of anilines is 1. The lowest BCUT2D eigenvalue weighted by Gasteiger charge is -2.19. The predicted octanol–water partition coefficient (Wildman–Crippen LogP) is 2.47. The maximum Gasteiger partial charge on any atom is 0.417 e. The van der Waals surface area contributed by atoms with E-state index >= 15 is 0 Å². The van der Waals surface area contributed by atoms with Crippen molar-refractivity contribution in [1.29, 1.82) is 0 Å². The summed E-state index contributed by atoms with van der Waals surface area (Å²) in [4.78, 5) is 12.2. The van der Waals surface area contributed by atoms with Gasteiger partial charge < -0.3 is 10.0 Å². The van der Waals surface area contributed by atoms with Crippen molar-refractivity contribution in [2.75, 3.05) is 19.0 Å². The zero-order chi connectivity index (χ0) is 12.5.